The molecule has 0 heterocycles. The van der Waals surface area contributed by atoms with Crippen LogP contribution >= 0.6 is 0 Å². The van der Waals surface area contributed by atoms with Gasteiger partial charge in [-0.25, -0.2) is 0 Å². The van der Waals surface area contributed by atoms with Crippen molar-refractivity contribution >= 4 is 10.1 Å². The molecule has 3 nitrogen and oxygen atoms in total. The Morgan fingerprint density at radius 1 is 1.27 bits per heavy atom. The summed E-state index contributed by atoms with van der Waals surface area (Å²) in [5.74, 6) is 0.0370. The summed E-state index contributed by atoms with van der Waals surface area (Å²) in [6, 6.07) is 0. The van der Waals surface area contributed by atoms with Crippen molar-refractivity contribution in [3.05, 3.63) is 0 Å². The van der Waals surface area contributed by atoms with Crippen LogP contribution in [0.2, 0.25) is 0 Å². The third kappa shape index (κ3) is 3.20. The second kappa shape index (κ2) is 4.07. The van der Waals surface area contributed by atoms with Crippen LogP contribution in [0.1, 0.15) is 33.6 Å². The van der Waals surface area contributed by atoms with E-state index in [0.717, 1.165) is 6.42 Å². The van der Waals surface area contributed by atoms with Gasteiger partial charge in [0.25, 0.3) is 10.1 Å². The lowest BCUT2D eigenvalue weighted by atomic mass is 10.0. The molecule has 0 saturated heterocycles. The molecule has 2 atom stereocenters. The van der Waals surface area contributed by atoms with Crippen molar-refractivity contribution in [3.63, 3.8) is 0 Å². The summed E-state index contributed by atoms with van der Waals surface area (Å²) in [5, 5.41) is -0.590. The summed E-state index contributed by atoms with van der Waals surface area (Å²) in [7, 11) is -3.83. The van der Waals surface area contributed by atoms with Gasteiger partial charge in [0.05, 0.1) is 5.25 Å². The third-order valence-corrected chi connectivity index (χ3v) is 3.63. The van der Waals surface area contributed by atoms with E-state index in [4.69, 9.17) is 4.55 Å². The van der Waals surface area contributed by atoms with E-state index in [1.165, 1.54) is 0 Å². The number of rotatable bonds is 4. The summed E-state index contributed by atoms with van der Waals surface area (Å²) >= 11 is 0. The molecule has 0 aromatic carbocycles. The maximum atomic E-state index is 10.7. The first kappa shape index (κ1) is 10.9. The van der Waals surface area contributed by atoms with Crippen LogP contribution in [0.15, 0.2) is 0 Å². The van der Waals surface area contributed by atoms with Gasteiger partial charge in [0.1, 0.15) is 0 Å². The van der Waals surface area contributed by atoms with Crippen LogP contribution in [-0.2, 0) is 10.1 Å². The van der Waals surface area contributed by atoms with Crippen LogP contribution in [0.3, 0.4) is 0 Å². The monoisotopic (exact) mass is 180 g/mol. The summed E-state index contributed by atoms with van der Waals surface area (Å²) in [5.41, 5.74) is 0. The zero-order valence-corrected chi connectivity index (χ0v) is 8.06. The second-order valence-corrected chi connectivity index (χ2v) is 4.48. The summed E-state index contributed by atoms with van der Waals surface area (Å²) in [6.45, 7) is 5.52. The molecule has 4 heteroatoms. The molecule has 0 saturated carbocycles. The second-order valence-electron chi connectivity index (χ2n) is 2.85. The molecule has 2 unspecified atom stereocenters. The molecule has 0 fully saturated rings. The third-order valence-electron chi connectivity index (χ3n) is 2.06. The Bertz CT molecular complexity index is 196. The van der Waals surface area contributed by atoms with Gasteiger partial charge in [-0.3, -0.25) is 4.55 Å². The molecule has 0 amide bonds. The Morgan fingerprint density at radius 2 is 1.73 bits per heavy atom. The van der Waals surface area contributed by atoms with Crippen LogP contribution < -0.4 is 0 Å². The maximum absolute atomic E-state index is 10.7. The highest BCUT2D eigenvalue weighted by Gasteiger charge is 2.25. The highest BCUT2D eigenvalue weighted by molar-refractivity contribution is 7.86. The minimum atomic E-state index is -3.83. The molecule has 0 aromatic rings. The average molecular weight is 180 g/mol. The van der Waals surface area contributed by atoms with E-state index in [9.17, 15) is 8.42 Å². The smallest absolute Gasteiger partial charge is 0.268 e. The largest absolute Gasteiger partial charge is 0.285 e. The van der Waals surface area contributed by atoms with Gasteiger partial charge in [0.15, 0.2) is 0 Å². The van der Waals surface area contributed by atoms with Crippen molar-refractivity contribution in [3.8, 4) is 0 Å². The highest BCUT2D eigenvalue weighted by atomic mass is 32.2. The van der Waals surface area contributed by atoms with Gasteiger partial charge in [0.2, 0.25) is 0 Å². The number of hydrogen-bond acceptors (Lipinski definition) is 2. The lowest BCUT2D eigenvalue weighted by molar-refractivity contribution is 0.421. The van der Waals surface area contributed by atoms with E-state index in [1.807, 2.05) is 13.8 Å². The van der Waals surface area contributed by atoms with Crippen molar-refractivity contribution < 1.29 is 13.0 Å². The molecular formula is C7H16O3S. The van der Waals surface area contributed by atoms with Crippen LogP contribution in [-0.4, -0.2) is 18.2 Å². The zero-order valence-electron chi connectivity index (χ0n) is 7.24. The summed E-state index contributed by atoms with van der Waals surface area (Å²) in [6.07, 6.45) is 1.26. The standard InChI is InChI=1S/C7H16O3S/c1-4-6(3)7(5-2)11(8,9)10/h6-7H,4-5H2,1-3H3,(H,8,9,10). The van der Waals surface area contributed by atoms with E-state index >= 15 is 0 Å². The van der Waals surface area contributed by atoms with Crippen molar-refractivity contribution in [1.29, 1.82) is 0 Å². The summed E-state index contributed by atoms with van der Waals surface area (Å²) in [4.78, 5) is 0. The van der Waals surface area contributed by atoms with E-state index in [2.05, 4.69) is 0 Å². The SMILES string of the molecule is CCC(C)C(CC)S(=O)(=O)O. The van der Waals surface area contributed by atoms with E-state index in [-0.39, 0.29) is 5.92 Å². The van der Waals surface area contributed by atoms with Crippen LogP contribution in [0.4, 0.5) is 0 Å². The van der Waals surface area contributed by atoms with E-state index in [1.54, 1.807) is 6.92 Å². The Labute approximate surface area is 68.6 Å². The molecule has 0 rings (SSSR count). The van der Waals surface area contributed by atoms with Crippen molar-refractivity contribution in [2.75, 3.05) is 0 Å². The lowest BCUT2D eigenvalue weighted by Gasteiger charge is -2.17. The first-order valence-corrected chi connectivity index (χ1v) is 5.40. The van der Waals surface area contributed by atoms with Crippen molar-refractivity contribution in [2.45, 2.75) is 38.9 Å². The molecule has 0 aromatic heterocycles. The van der Waals surface area contributed by atoms with Crippen molar-refractivity contribution in [2.24, 2.45) is 5.92 Å². The molecule has 0 aliphatic rings. The van der Waals surface area contributed by atoms with Gasteiger partial charge in [-0.1, -0.05) is 27.2 Å². The molecule has 11 heavy (non-hydrogen) atoms. The normalized spacial score (nSPS) is 17.8. The molecule has 0 spiro atoms. The maximum Gasteiger partial charge on any atom is 0.268 e. The first-order valence-electron chi connectivity index (χ1n) is 3.89. The van der Waals surface area contributed by atoms with Gasteiger partial charge in [-0.2, -0.15) is 8.42 Å². The predicted molar refractivity (Wildman–Crippen MR) is 45.1 cm³/mol. The van der Waals surface area contributed by atoms with E-state index < -0.39 is 15.4 Å². The van der Waals surface area contributed by atoms with Gasteiger partial charge in [-0.15, -0.1) is 0 Å². The summed E-state index contributed by atoms with van der Waals surface area (Å²) < 4.78 is 30.2. The Morgan fingerprint density at radius 3 is 1.82 bits per heavy atom. The van der Waals surface area contributed by atoms with Gasteiger partial charge in [-0.05, 0) is 12.3 Å². The molecule has 0 aliphatic heterocycles. The Balaban J connectivity index is 4.42. The fourth-order valence-electron chi connectivity index (χ4n) is 1.17. The molecule has 68 valence electrons. The molecule has 0 bridgehead atoms. The molecule has 0 radical (unpaired) electrons. The van der Waals surface area contributed by atoms with Gasteiger partial charge in [0, 0.05) is 0 Å². The van der Waals surface area contributed by atoms with Gasteiger partial charge >= 0.3 is 0 Å². The number of hydrogen-bond donors (Lipinski definition) is 1. The van der Waals surface area contributed by atoms with Crippen LogP contribution in [0.25, 0.3) is 0 Å². The molecular weight excluding hydrogens is 164 g/mol. The molecule has 0 aliphatic carbocycles. The predicted octanol–water partition coefficient (Wildman–Crippen LogP) is 1.70. The fraction of sp³-hybridized carbons (Fsp3) is 1.00. The fourth-order valence-corrected chi connectivity index (χ4v) is 2.37. The minimum absolute atomic E-state index is 0.0370. The van der Waals surface area contributed by atoms with Gasteiger partial charge < -0.3 is 0 Å². The van der Waals surface area contributed by atoms with E-state index in [0.29, 0.717) is 6.42 Å². The Kier molecular flexibility index (Phi) is 4.03. The quantitative estimate of drug-likeness (QED) is 0.670. The van der Waals surface area contributed by atoms with Crippen LogP contribution in [0, 0.1) is 5.92 Å². The lowest BCUT2D eigenvalue weighted by Crippen LogP contribution is -2.26. The highest BCUT2D eigenvalue weighted by Crippen LogP contribution is 2.17. The molecule has 1 N–H and O–H groups in total. The first-order chi connectivity index (χ1) is 4.93. The average Bonchev–Trinajstić information content (AvgIpc) is 1.86. The zero-order chi connectivity index (χ0) is 9.07. The Hall–Kier alpha value is -0.0900. The minimum Gasteiger partial charge on any atom is -0.285 e. The topological polar surface area (TPSA) is 54.4 Å². The van der Waals surface area contributed by atoms with Crippen molar-refractivity contribution in [1.82, 2.24) is 0 Å². The van der Waals surface area contributed by atoms with Crippen LogP contribution in [0.5, 0.6) is 0 Å².